The number of methoxy groups -OCH3 is 1. The van der Waals surface area contributed by atoms with Crippen LogP contribution in [-0.4, -0.2) is 37.5 Å². The van der Waals surface area contributed by atoms with Crippen LogP contribution in [0, 0.1) is 11.3 Å². The first-order chi connectivity index (χ1) is 9.58. The third-order valence-corrected chi connectivity index (χ3v) is 2.69. The molecule has 0 aliphatic rings. The topological polar surface area (TPSA) is 70.4 Å². The number of carbonyl (C=O) groups excluding carboxylic acids is 2. The molecule has 1 rings (SSSR count). The van der Waals surface area contributed by atoms with Gasteiger partial charge in [-0.1, -0.05) is 12.1 Å². The van der Waals surface area contributed by atoms with Gasteiger partial charge in [0, 0.05) is 19.7 Å². The summed E-state index contributed by atoms with van der Waals surface area (Å²) in [4.78, 5) is 24.4. The Morgan fingerprint density at radius 3 is 2.55 bits per heavy atom. The molecule has 0 radical (unpaired) electrons. The Bertz CT molecular complexity index is 541. The van der Waals surface area contributed by atoms with Crippen LogP contribution in [0.2, 0.25) is 0 Å². The first kappa shape index (κ1) is 15.4. The number of carbonyl (C=O) groups is 2. The van der Waals surface area contributed by atoms with E-state index in [1.165, 1.54) is 18.1 Å². The Labute approximate surface area is 118 Å². The molecule has 0 fully saturated rings. The van der Waals surface area contributed by atoms with Crippen LogP contribution >= 0.6 is 0 Å². The summed E-state index contributed by atoms with van der Waals surface area (Å²) >= 11 is 0. The maximum atomic E-state index is 11.7. The van der Waals surface area contributed by atoms with E-state index in [-0.39, 0.29) is 5.91 Å². The molecular weight excluding hydrogens is 256 g/mol. The van der Waals surface area contributed by atoms with Gasteiger partial charge >= 0.3 is 5.97 Å². The highest BCUT2D eigenvalue weighted by Crippen LogP contribution is 2.07. The molecule has 1 amide bonds. The normalized spacial score (nSPS) is 10.1. The Morgan fingerprint density at radius 2 is 2.00 bits per heavy atom. The van der Waals surface area contributed by atoms with E-state index in [0.29, 0.717) is 18.5 Å². The first-order valence-electron chi connectivity index (χ1n) is 6.07. The zero-order valence-corrected chi connectivity index (χ0v) is 11.5. The van der Waals surface area contributed by atoms with Crippen molar-refractivity contribution in [3.8, 4) is 6.07 Å². The van der Waals surface area contributed by atoms with Gasteiger partial charge in [-0.15, -0.1) is 0 Å². The van der Waals surface area contributed by atoms with Crippen LogP contribution in [0.5, 0.6) is 0 Å². The van der Waals surface area contributed by atoms with Gasteiger partial charge in [0.2, 0.25) is 5.91 Å². The Morgan fingerprint density at radius 1 is 1.35 bits per heavy atom. The molecule has 1 aromatic rings. The van der Waals surface area contributed by atoms with Gasteiger partial charge in [-0.05, 0) is 23.8 Å². The minimum atomic E-state index is -0.396. The number of benzene rings is 1. The van der Waals surface area contributed by atoms with Crippen molar-refractivity contribution in [3.05, 3.63) is 41.5 Å². The van der Waals surface area contributed by atoms with E-state index in [4.69, 9.17) is 5.26 Å². The van der Waals surface area contributed by atoms with Gasteiger partial charge in [-0.25, -0.2) is 4.79 Å². The number of nitrogens with zero attached hydrogens (tertiary/aromatic N) is 2. The van der Waals surface area contributed by atoms with Gasteiger partial charge in [-0.2, -0.15) is 5.26 Å². The van der Waals surface area contributed by atoms with Crippen LogP contribution < -0.4 is 0 Å². The van der Waals surface area contributed by atoms with Gasteiger partial charge in [0.05, 0.1) is 25.2 Å². The molecule has 0 saturated heterocycles. The molecule has 0 saturated carbocycles. The third-order valence-electron chi connectivity index (χ3n) is 2.69. The standard InChI is InChI=1S/C15H16N2O3/c1-17(11-3-10-16)14(18)9-6-12-4-7-13(8-5-12)15(19)20-2/h4-9H,3,11H2,1-2H3/b9-6+. The van der Waals surface area contributed by atoms with E-state index in [1.54, 1.807) is 37.4 Å². The molecule has 0 unspecified atom stereocenters. The quantitative estimate of drug-likeness (QED) is 0.606. The van der Waals surface area contributed by atoms with Crippen molar-refractivity contribution in [1.29, 1.82) is 5.26 Å². The van der Waals surface area contributed by atoms with E-state index >= 15 is 0 Å². The molecule has 5 nitrogen and oxygen atoms in total. The predicted octanol–water partition coefficient (Wildman–Crippen LogP) is 1.86. The molecule has 0 aliphatic heterocycles. The largest absolute Gasteiger partial charge is 0.465 e. The lowest BCUT2D eigenvalue weighted by Gasteiger charge is -2.12. The van der Waals surface area contributed by atoms with Crippen LogP contribution in [-0.2, 0) is 9.53 Å². The smallest absolute Gasteiger partial charge is 0.337 e. The number of rotatable bonds is 5. The summed E-state index contributed by atoms with van der Waals surface area (Å²) in [6.45, 7) is 0.404. The van der Waals surface area contributed by atoms with Gasteiger partial charge < -0.3 is 9.64 Å². The van der Waals surface area contributed by atoms with E-state index in [1.807, 2.05) is 6.07 Å². The molecule has 104 valence electrons. The van der Waals surface area contributed by atoms with Crippen LogP contribution in [0.25, 0.3) is 6.08 Å². The second kappa shape index (κ2) is 7.74. The van der Waals surface area contributed by atoms with Crippen molar-refractivity contribution < 1.29 is 14.3 Å². The lowest BCUT2D eigenvalue weighted by molar-refractivity contribution is -0.124. The lowest BCUT2D eigenvalue weighted by atomic mass is 10.1. The Balaban J connectivity index is 2.64. The fraction of sp³-hybridized carbons (Fsp3) is 0.267. The fourth-order valence-electron chi connectivity index (χ4n) is 1.47. The molecule has 0 N–H and O–H groups in total. The predicted molar refractivity (Wildman–Crippen MR) is 74.7 cm³/mol. The molecule has 5 heteroatoms. The van der Waals surface area contributed by atoms with Crippen LogP contribution in [0.15, 0.2) is 30.3 Å². The number of amides is 1. The number of hydrogen-bond acceptors (Lipinski definition) is 4. The van der Waals surface area contributed by atoms with E-state index in [9.17, 15) is 9.59 Å². The van der Waals surface area contributed by atoms with Crippen LogP contribution in [0.1, 0.15) is 22.3 Å². The van der Waals surface area contributed by atoms with Gasteiger partial charge in [0.15, 0.2) is 0 Å². The van der Waals surface area contributed by atoms with Crippen molar-refractivity contribution in [1.82, 2.24) is 4.90 Å². The summed E-state index contributed by atoms with van der Waals surface area (Å²) in [5.74, 6) is -0.565. The van der Waals surface area contributed by atoms with E-state index in [2.05, 4.69) is 4.74 Å². The first-order valence-corrected chi connectivity index (χ1v) is 6.07. The van der Waals surface area contributed by atoms with Crippen LogP contribution in [0.3, 0.4) is 0 Å². The second-order valence-electron chi connectivity index (χ2n) is 4.11. The summed E-state index contributed by atoms with van der Waals surface area (Å²) in [5, 5.41) is 8.45. The van der Waals surface area contributed by atoms with Crippen molar-refractivity contribution in [2.45, 2.75) is 6.42 Å². The maximum Gasteiger partial charge on any atom is 0.337 e. The van der Waals surface area contributed by atoms with Crippen molar-refractivity contribution in [2.24, 2.45) is 0 Å². The van der Waals surface area contributed by atoms with E-state index < -0.39 is 5.97 Å². The number of ether oxygens (including phenoxy) is 1. The summed E-state index contributed by atoms with van der Waals surface area (Å²) in [5.41, 5.74) is 1.27. The van der Waals surface area contributed by atoms with Crippen LogP contribution in [0.4, 0.5) is 0 Å². The molecule has 0 aliphatic carbocycles. The third kappa shape index (κ3) is 4.58. The van der Waals surface area contributed by atoms with Gasteiger partial charge in [-0.3, -0.25) is 4.79 Å². The van der Waals surface area contributed by atoms with E-state index in [0.717, 1.165) is 5.56 Å². The minimum absolute atomic E-state index is 0.169. The summed E-state index contributed by atoms with van der Waals surface area (Å²) in [7, 11) is 2.97. The van der Waals surface area contributed by atoms with Gasteiger partial charge in [0.1, 0.15) is 0 Å². The SMILES string of the molecule is COC(=O)c1ccc(/C=C/C(=O)N(C)CCC#N)cc1. The average Bonchev–Trinajstić information content (AvgIpc) is 2.49. The zero-order valence-electron chi connectivity index (χ0n) is 11.5. The van der Waals surface area contributed by atoms with Gasteiger partial charge in [0.25, 0.3) is 0 Å². The zero-order chi connectivity index (χ0) is 15.0. The molecule has 0 heterocycles. The maximum absolute atomic E-state index is 11.7. The fourth-order valence-corrected chi connectivity index (χ4v) is 1.47. The number of esters is 1. The molecule has 20 heavy (non-hydrogen) atoms. The molecule has 1 aromatic carbocycles. The van der Waals surface area contributed by atoms with Crippen molar-refractivity contribution in [3.63, 3.8) is 0 Å². The summed E-state index contributed by atoms with van der Waals surface area (Å²) < 4.78 is 4.60. The summed E-state index contributed by atoms with van der Waals surface area (Å²) in [6.07, 6.45) is 3.40. The highest BCUT2D eigenvalue weighted by Gasteiger charge is 2.05. The van der Waals surface area contributed by atoms with Crippen molar-refractivity contribution in [2.75, 3.05) is 20.7 Å². The molecular formula is C15H16N2O3. The second-order valence-corrected chi connectivity index (χ2v) is 4.11. The lowest BCUT2D eigenvalue weighted by Crippen LogP contribution is -2.25. The Kier molecular flexibility index (Phi) is 5.98. The number of hydrogen-bond donors (Lipinski definition) is 0. The highest BCUT2D eigenvalue weighted by atomic mass is 16.5. The summed E-state index contributed by atoms with van der Waals surface area (Å²) in [6, 6.07) is 8.71. The highest BCUT2D eigenvalue weighted by molar-refractivity contribution is 5.92. The molecule has 0 aromatic heterocycles. The number of likely N-dealkylation sites (N-methyl/N-ethyl adjacent to an activating group) is 1. The van der Waals surface area contributed by atoms with Crippen molar-refractivity contribution >= 4 is 18.0 Å². The monoisotopic (exact) mass is 272 g/mol. The minimum Gasteiger partial charge on any atom is -0.465 e. The number of nitriles is 1. The molecule has 0 bridgehead atoms. The average molecular weight is 272 g/mol. The Hall–Kier alpha value is -2.61. The molecule has 0 spiro atoms. The molecule has 0 atom stereocenters.